The Morgan fingerprint density at radius 1 is 1.27 bits per heavy atom. The van der Waals surface area contributed by atoms with E-state index in [1.54, 1.807) is 0 Å². The van der Waals surface area contributed by atoms with E-state index in [1.807, 2.05) is 0 Å². The van der Waals surface area contributed by atoms with Crippen LogP contribution in [0.25, 0.3) is 10.2 Å². The molecule has 0 saturated carbocycles. The third-order valence-corrected chi connectivity index (χ3v) is 5.15. The summed E-state index contributed by atoms with van der Waals surface area (Å²) in [6.07, 6.45) is 0. The van der Waals surface area contributed by atoms with Gasteiger partial charge in [0, 0.05) is 24.7 Å². The van der Waals surface area contributed by atoms with Crippen LogP contribution in [0, 0.1) is 11.6 Å². The highest BCUT2D eigenvalue weighted by Crippen LogP contribution is 2.24. The largest absolute Gasteiger partial charge is 0.383 e. The molecule has 1 heterocycles. The number of benzene rings is 2. The van der Waals surface area contributed by atoms with E-state index in [9.17, 15) is 13.6 Å². The zero-order valence-corrected chi connectivity index (χ0v) is 15.8. The summed E-state index contributed by atoms with van der Waals surface area (Å²) in [4.78, 5) is 16.8. The second kappa shape index (κ2) is 7.84. The number of carbonyl (C=O) groups excluding carboxylic acids is 1. The molecule has 1 amide bonds. The Hall–Kier alpha value is -1.80. The Morgan fingerprint density at radius 2 is 2.04 bits per heavy atom. The second-order valence-corrected chi connectivity index (χ2v) is 7.16. The topological polar surface area (TPSA) is 43.6 Å². The quantitative estimate of drug-likeness (QED) is 0.619. The van der Waals surface area contributed by atoms with Crippen LogP contribution < -0.4 is 4.80 Å². The Labute approximate surface area is 161 Å². The van der Waals surface area contributed by atoms with Crippen molar-refractivity contribution in [3.63, 3.8) is 0 Å². The fourth-order valence-corrected chi connectivity index (χ4v) is 4.00. The van der Waals surface area contributed by atoms with Crippen LogP contribution in [0.4, 0.5) is 8.78 Å². The van der Waals surface area contributed by atoms with Crippen molar-refractivity contribution < 1.29 is 18.3 Å². The Balaban J connectivity index is 2.17. The molecule has 2 aromatic carbocycles. The summed E-state index contributed by atoms with van der Waals surface area (Å²) >= 11 is 12.9. The summed E-state index contributed by atoms with van der Waals surface area (Å²) < 4.78 is 34.6. The first-order valence-electron chi connectivity index (χ1n) is 7.42. The monoisotopic (exact) mass is 416 g/mol. The number of hydrogen-bond acceptors (Lipinski definition) is 3. The molecule has 1 aromatic heterocycles. The van der Waals surface area contributed by atoms with Crippen LogP contribution in [-0.2, 0) is 11.3 Å². The number of amides is 1. The summed E-state index contributed by atoms with van der Waals surface area (Å²) in [6, 6.07) is 6.41. The van der Waals surface area contributed by atoms with Gasteiger partial charge in [-0.15, -0.1) is 0 Å². The highest BCUT2D eigenvalue weighted by Gasteiger charge is 2.15. The molecule has 26 heavy (non-hydrogen) atoms. The van der Waals surface area contributed by atoms with Crippen LogP contribution in [0.3, 0.4) is 0 Å². The van der Waals surface area contributed by atoms with E-state index in [0.29, 0.717) is 9.72 Å². The van der Waals surface area contributed by atoms with Crippen molar-refractivity contribution in [1.29, 1.82) is 0 Å². The van der Waals surface area contributed by atoms with E-state index in [-0.39, 0.29) is 34.1 Å². The minimum atomic E-state index is -0.731. The molecule has 0 fully saturated rings. The molecule has 0 N–H and O–H groups in total. The predicted octanol–water partition coefficient (Wildman–Crippen LogP) is 4.68. The van der Waals surface area contributed by atoms with Gasteiger partial charge >= 0.3 is 0 Å². The van der Waals surface area contributed by atoms with Crippen molar-refractivity contribution in [3.8, 4) is 0 Å². The smallest absolute Gasteiger partial charge is 0.281 e. The lowest BCUT2D eigenvalue weighted by Gasteiger charge is -2.05. The zero-order chi connectivity index (χ0) is 18.8. The highest BCUT2D eigenvalue weighted by atomic mass is 35.5. The lowest BCUT2D eigenvalue weighted by molar-refractivity contribution is 0.0997. The van der Waals surface area contributed by atoms with Gasteiger partial charge in [0.1, 0.15) is 5.82 Å². The van der Waals surface area contributed by atoms with Crippen LogP contribution >= 0.6 is 34.5 Å². The fourth-order valence-electron chi connectivity index (χ4n) is 2.41. The summed E-state index contributed by atoms with van der Waals surface area (Å²) in [5.41, 5.74) is 0.334. The average molecular weight is 417 g/mol. The minimum Gasteiger partial charge on any atom is -0.383 e. The van der Waals surface area contributed by atoms with E-state index in [0.717, 1.165) is 17.4 Å². The first-order chi connectivity index (χ1) is 12.4. The number of thiazole rings is 1. The van der Waals surface area contributed by atoms with Crippen molar-refractivity contribution in [2.75, 3.05) is 13.7 Å². The molecule has 0 spiro atoms. The Bertz CT molecular complexity index is 1060. The molecule has 0 aliphatic heterocycles. The van der Waals surface area contributed by atoms with Gasteiger partial charge in [0.2, 0.25) is 0 Å². The molecule has 0 saturated heterocycles. The standard InChI is InChI=1S/C17H12Cl2F2N2O2S/c1-25-5-4-23-15-13(21)7-10(20)8-14(15)26-17(23)22-16(24)11-3-2-9(18)6-12(11)19/h2-3,6-8H,4-5H2,1H3. The zero-order valence-electron chi connectivity index (χ0n) is 13.4. The lowest BCUT2D eigenvalue weighted by atomic mass is 10.2. The number of ether oxygens (including phenoxy) is 1. The van der Waals surface area contributed by atoms with E-state index in [4.69, 9.17) is 27.9 Å². The first-order valence-corrected chi connectivity index (χ1v) is 8.99. The van der Waals surface area contributed by atoms with Crippen LogP contribution in [0.15, 0.2) is 35.3 Å². The van der Waals surface area contributed by atoms with E-state index >= 15 is 0 Å². The van der Waals surface area contributed by atoms with Crippen LogP contribution in [0.2, 0.25) is 10.0 Å². The van der Waals surface area contributed by atoms with Crippen molar-refractivity contribution >= 4 is 50.7 Å². The maximum Gasteiger partial charge on any atom is 0.281 e. The summed E-state index contributed by atoms with van der Waals surface area (Å²) in [5.74, 6) is -2.04. The van der Waals surface area contributed by atoms with Gasteiger partial charge in [0.05, 0.1) is 27.4 Å². The van der Waals surface area contributed by atoms with Gasteiger partial charge in [-0.1, -0.05) is 34.5 Å². The van der Waals surface area contributed by atoms with Gasteiger partial charge in [-0.25, -0.2) is 8.78 Å². The van der Waals surface area contributed by atoms with Crippen molar-refractivity contribution in [1.82, 2.24) is 4.57 Å². The van der Waals surface area contributed by atoms with E-state index in [1.165, 1.54) is 35.9 Å². The molecular weight excluding hydrogens is 405 g/mol. The molecule has 0 bridgehead atoms. The summed E-state index contributed by atoms with van der Waals surface area (Å²) in [5, 5.41) is 0.550. The Kier molecular flexibility index (Phi) is 5.72. The molecule has 136 valence electrons. The van der Waals surface area contributed by atoms with Crippen LogP contribution in [-0.4, -0.2) is 24.2 Å². The number of fused-ring (bicyclic) bond motifs is 1. The number of methoxy groups -OCH3 is 1. The molecule has 0 atom stereocenters. The van der Waals surface area contributed by atoms with E-state index in [2.05, 4.69) is 4.99 Å². The number of nitrogens with zero attached hydrogens (tertiary/aromatic N) is 2. The number of rotatable bonds is 4. The Morgan fingerprint density at radius 3 is 2.73 bits per heavy atom. The molecular formula is C17H12Cl2F2N2O2S. The maximum absolute atomic E-state index is 14.3. The first kappa shape index (κ1) is 19.0. The number of hydrogen-bond donors (Lipinski definition) is 0. The predicted molar refractivity (Wildman–Crippen MR) is 98.0 cm³/mol. The second-order valence-electron chi connectivity index (χ2n) is 5.30. The molecule has 0 aliphatic rings. The number of carbonyl (C=O) groups is 1. The molecule has 0 aliphatic carbocycles. The molecule has 9 heteroatoms. The summed E-state index contributed by atoms with van der Waals surface area (Å²) in [6.45, 7) is 0.519. The summed E-state index contributed by atoms with van der Waals surface area (Å²) in [7, 11) is 1.50. The highest BCUT2D eigenvalue weighted by molar-refractivity contribution is 7.16. The van der Waals surface area contributed by atoms with Crippen molar-refractivity contribution in [2.45, 2.75) is 6.54 Å². The van der Waals surface area contributed by atoms with Crippen LogP contribution in [0.1, 0.15) is 10.4 Å². The van der Waals surface area contributed by atoms with E-state index < -0.39 is 17.5 Å². The van der Waals surface area contributed by atoms with Gasteiger partial charge in [-0.2, -0.15) is 4.99 Å². The normalized spacial score (nSPS) is 12.1. The maximum atomic E-state index is 14.3. The number of halogens is 4. The van der Waals surface area contributed by atoms with Crippen molar-refractivity contribution in [2.24, 2.45) is 4.99 Å². The molecule has 0 radical (unpaired) electrons. The SMILES string of the molecule is COCCn1c(=NC(=O)c2ccc(Cl)cc2Cl)sc2cc(F)cc(F)c21. The fraction of sp³-hybridized carbons (Fsp3) is 0.176. The molecule has 3 rings (SSSR count). The molecule has 4 nitrogen and oxygen atoms in total. The van der Waals surface area contributed by atoms with Gasteiger partial charge in [0.25, 0.3) is 5.91 Å². The minimum absolute atomic E-state index is 0.160. The van der Waals surface area contributed by atoms with Crippen LogP contribution in [0.5, 0.6) is 0 Å². The lowest BCUT2D eigenvalue weighted by Crippen LogP contribution is -2.20. The van der Waals surface area contributed by atoms with Gasteiger partial charge in [0.15, 0.2) is 10.6 Å². The number of aromatic nitrogens is 1. The van der Waals surface area contributed by atoms with Gasteiger partial charge < -0.3 is 9.30 Å². The average Bonchev–Trinajstić information content (AvgIpc) is 2.89. The molecule has 3 aromatic rings. The van der Waals surface area contributed by atoms with Gasteiger partial charge in [-0.3, -0.25) is 4.79 Å². The third kappa shape index (κ3) is 3.81. The third-order valence-electron chi connectivity index (χ3n) is 3.57. The van der Waals surface area contributed by atoms with Crippen molar-refractivity contribution in [3.05, 3.63) is 62.4 Å². The van der Waals surface area contributed by atoms with Gasteiger partial charge in [-0.05, 0) is 24.3 Å². The molecule has 0 unspecified atom stereocenters.